The number of nitrogens with zero attached hydrogens (tertiary/aromatic N) is 3. The largest absolute Gasteiger partial charge is 0.325 e. The van der Waals surface area contributed by atoms with Crippen LogP contribution in [0.2, 0.25) is 5.02 Å². The molecule has 0 N–H and O–H groups in total. The number of carbonyl (C=O) groups is 1. The highest BCUT2D eigenvalue weighted by molar-refractivity contribution is 6.30. The number of hydrogen-bond donors (Lipinski definition) is 0. The van der Waals surface area contributed by atoms with Gasteiger partial charge in [-0.3, -0.25) is 4.90 Å². The van der Waals surface area contributed by atoms with Gasteiger partial charge in [0.25, 0.3) is 0 Å². The van der Waals surface area contributed by atoms with Crippen LogP contribution in [0.5, 0.6) is 0 Å². The summed E-state index contributed by atoms with van der Waals surface area (Å²) in [4.78, 5) is 18.8. The molecule has 0 aromatic heterocycles. The SMILES string of the molecule is CC(c1ccc(F)c(Cl)c1)N1CCN(C(=O)N2CCCCC2)CC1. The Bertz CT molecular complexity index is 584. The van der Waals surface area contributed by atoms with Gasteiger partial charge in [0, 0.05) is 45.3 Å². The molecule has 4 nitrogen and oxygen atoms in total. The molecular weight excluding hydrogens is 329 g/mol. The van der Waals surface area contributed by atoms with Crippen molar-refractivity contribution < 1.29 is 9.18 Å². The molecule has 1 atom stereocenters. The van der Waals surface area contributed by atoms with Crippen molar-refractivity contribution in [1.29, 1.82) is 0 Å². The predicted molar refractivity (Wildman–Crippen MR) is 93.8 cm³/mol. The maximum atomic E-state index is 13.3. The average molecular weight is 354 g/mol. The number of rotatable bonds is 2. The second-order valence-corrected chi connectivity index (χ2v) is 7.11. The van der Waals surface area contributed by atoms with Crippen molar-refractivity contribution in [2.24, 2.45) is 0 Å². The second kappa shape index (κ2) is 7.70. The van der Waals surface area contributed by atoms with Crippen molar-refractivity contribution in [3.63, 3.8) is 0 Å². The van der Waals surface area contributed by atoms with Crippen LogP contribution in [0.3, 0.4) is 0 Å². The van der Waals surface area contributed by atoms with Crippen LogP contribution < -0.4 is 0 Å². The van der Waals surface area contributed by atoms with Gasteiger partial charge in [-0.25, -0.2) is 9.18 Å². The molecule has 2 heterocycles. The summed E-state index contributed by atoms with van der Waals surface area (Å²) < 4.78 is 13.3. The third kappa shape index (κ3) is 3.83. The Morgan fingerprint density at radius 2 is 1.67 bits per heavy atom. The van der Waals surface area contributed by atoms with Gasteiger partial charge in [0.15, 0.2) is 0 Å². The van der Waals surface area contributed by atoms with E-state index >= 15 is 0 Å². The number of halogens is 2. The third-order valence-corrected chi connectivity index (χ3v) is 5.47. The molecule has 1 aromatic carbocycles. The van der Waals surface area contributed by atoms with E-state index in [1.807, 2.05) is 9.80 Å². The molecule has 2 fully saturated rings. The van der Waals surface area contributed by atoms with Crippen molar-refractivity contribution in [3.05, 3.63) is 34.6 Å². The van der Waals surface area contributed by atoms with Crippen molar-refractivity contribution >= 4 is 17.6 Å². The van der Waals surface area contributed by atoms with E-state index in [0.29, 0.717) is 0 Å². The fourth-order valence-electron chi connectivity index (χ4n) is 3.57. The van der Waals surface area contributed by atoms with E-state index in [1.54, 1.807) is 12.1 Å². The standard InChI is InChI=1S/C18H25ClFN3O/c1-14(15-5-6-17(20)16(19)13-15)21-9-11-23(12-10-21)18(24)22-7-3-2-4-8-22/h5-6,13-14H,2-4,7-12H2,1H3. The maximum absolute atomic E-state index is 13.3. The molecule has 3 rings (SSSR count). The number of likely N-dealkylation sites (tertiary alicyclic amines) is 1. The zero-order valence-electron chi connectivity index (χ0n) is 14.2. The van der Waals surface area contributed by atoms with Gasteiger partial charge in [0.1, 0.15) is 5.82 Å². The van der Waals surface area contributed by atoms with Gasteiger partial charge in [0.05, 0.1) is 5.02 Å². The van der Waals surface area contributed by atoms with Crippen LogP contribution in [0.15, 0.2) is 18.2 Å². The van der Waals surface area contributed by atoms with Gasteiger partial charge in [-0.2, -0.15) is 0 Å². The van der Waals surface area contributed by atoms with Crippen LogP contribution in [0.4, 0.5) is 9.18 Å². The minimum absolute atomic E-state index is 0.162. The number of amides is 2. The lowest BCUT2D eigenvalue weighted by molar-refractivity contribution is 0.0911. The molecule has 0 aliphatic carbocycles. The molecule has 24 heavy (non-hydrogen) atoms. The summed E-state index contributed by atoms with van der Waals surface area (Å²) in [7, 11) is 0. The van der Waals surface area contributed by atoms with Crippen molar-refractivity contribution in [2.45, 2.75) is 32.2 Å². The van der Waals surface area contributed by atoms with Crippen LogP contribution in [0.1, 0.15) is 37.8 Å². The maximum Gasteiger partial charge on any atom is 0.320 e. The molecule has 1 aromatic rings. The van der Waals surface area contributed by atoms with E-state index in [4.69, 9.17) is 11.6 Å². The molecule has 6 heteroatoms. The van der Waals surface area contributed by atoms with E-state index in [2.05, 4.69) is 11.8 Å². The lowest BCUT2D eigenvalue weighted by Crippen LogP contribution is -2.53. The van der Waals surface area contributed by atoms with Gasteiger partial charge in [-0.15, -0.1) is 0 Å². The van der Waals surface area contributed by atoms with Crippen molar-refractivity contribution in [3.8, 4) is 0 Å². The molecule has 2 aliphatic heterocycles. The van der Waals surface area contributed by atoms with E-state index in [0.717, 1.165) is 57.7 Å². The highest BCUT2D eigenvalue weighted by Crippen LogP contribution is 2.26. The Morgan fingerprint density at radius 3 is 2.29 bits per heavy atom. The number of piperidine rings is 1. The zero-order chi connectivity index (χ0) is 17.1. The molecule has 0 radical (unpaired) electrons. The second-order valence-electron chi connectivity index (χ2n) is 6.70. The summed E-state index contributed by atoms with van der Waals surface area (Å²) in [5.41, 5.74) is 1.01. The smallest absolute Gasteiger partial charge is 0.320 e. The summed E-state index contributed by atoms with van der Waals surface area (Å²) in [5, 5.41) is 0.165. The van der Waals surface area contributed by atoms with Crippen LogP contribution in [0.25, 0.3) is 0 Å². The number of hydrogen-bond acceptors (Lipinski definition) is 2. The number of carbonyl (C=O) groups excluding carboxylic acids is 1. The van der Waals surface area contributed by atoms with Gasteiger partial charge < -0.3 is 9.80 Å². The van der Waals surface area contributed by atoms with E-state index in [-0.39, 0.29) is 22.9 Å². The summed E-state index contributed by atoms with van der Waals surface area (Å²) in [6.45, 7) is 7.04. The highest BCUT2D eigenvalue weighted by Gasteiger charge is 2.28. The third-order valence-electron chi connectivity index (χ3n) is 5.19. The van der Waals surface area contributed by atoms with Crippen LogP contribution in [0, 0.1) is 5.82 Å². The normalized spacial score (nSPS) is 21.0. The lowest BCUT2D eigenvalue weighted by atomic mass is 10.1. The van der Waals surface area contributed by atoms with Crippen molar-refractivity contribution in [2.75, 3.05) is 39.3 Å². The van der Waals surface area contributed by atoms with Crippen molar-refractivity contribution in [1.82, 2.24) is 14.7 Å². The van der Waals surface area contributed by atoms with E-state index in [1.165, 1.54) is 12.5 Å². The van der Waals surface area contributed by atoms with Crippen LogP contribution in [-0.4, -0.2) is 60.0 Å². The Kier molecular flexibility index (Phi) is 5.61. The molecule has 0 bridgehead atoms. The Labute approximate surface area is 148 Å². The minimum atomic E-state index is -0.385. The first-order valence-electron chi connectivity index (χ1n) is 8.79. The van der Waals surface area contributed by atoms with E-state index < -0.39 is 0 Å². The summed E-state index contributed by atoms with van der Waals surface area (Å²) in [6.07, 6.45) is 3.47. The Hall–Kier alpha value is -1.33. The molecule has 1 unspecified atom stereocenters. The van der Waals surface area contributed by atoms with Gasteiger partial charge in [-0.1, -0.05) is 17.7 Å². The summed E-state index contributed by atoms with van der Waals surface area (Å²) >= 11 is 5.90. The van der Waals surface area contributed by atoms with Gasteiger partial charge in [0.2, 0.25) is 0 Å². The summed E-state index contributed by atoms with van der Waals surface area (Å²) in [6, 6.07) is 5.26. The molecule has 0 saturated carbocycles. The average Bonchev–Trinajstić information content (AvgIpc) is 2.63. The monoisotopic (exact) mass is 353 g/mol. The highest BCUT2D eigenvalue weighted by atomic mass is 35.5. The predicted octanol–water partition coefficient (Wildman–Crippen LogP) is 3.76. The first-order chi connectivity index (χ1) is 11.6. The zero-order valence-corrected chi connectivity index (χ0v) is 14.9. The topological polar surface area (TPSA) is 26.8 Å². The number of benzene rings is 1. The van der Waals surface area contributed by atoms with Crippen LogP contribution in [-0.2, 0) is 0 Å². The minimum Gasteiger partial charge on any atom is -0.325 e. The fourth-order valence-corrected chi connectivity index (χ4v) is 3.76. The Balaban J connectivity index is 1.56. The van der Waals surface area contributed by atoms with Gasteiger partial charge >= 0.3 is 6.03 Å². The molecule has 0 spiro atoms. The molecule has 132 valence electrons. The number of urea groups is 1. The van der Waals surface area contributed by atoms with E-state index in [9.17, 15) is 9.18 Å². The number of piperazine rings is 1. The molecule has 2 aliphatic rings. The Morgan fingerprint density at radius 1 is 1.04 bits per heavy atom. The van der Waals surface area contributed by atoms with Crippen LogP contribution >= 0.6 is 11.6 Å². The molecule has 2 amide bonds. The lowest BCUT2D eigenvalue weighted by Gasteiger charge is -2.40. The first kappa shape index (κ1) is 17.5. The van der Waals surface area contributed by atoms with Gasteiger partial charge in [-0.05, 0) is 43.9 Å². The fraction of sp³-hybridized carbons (Fsp3) is 0.611. The first-order valence-corrected chi connectivity index (χ1v) is 9.17. The summed E-state index contributed by atoms with van der Waals surface area (Å²) in [5.74, 6) is -0.385. The molecular formula is C18H25ClFN3O. The quantitative estimate of drug-likeness (QED) is 0.809. The molecule has 2 saturated heterocycles.